The lowest BCUT2D eigenvalue weighted by Gasteiger charge is -2.06. The number of hydrogen-bond acceptors (Lipinski definition) is 6. The van der Waals surface area contributed by atoms with Crippen LogP contribution >= 0.6 is 0 Å². The van der Waals surface area contributed by atoms with Gasteiger partial charge in [0.2, 0.25) is 0 Å². The Balaban J connectivity index is 2.20. The molecule has 2 aromatic heterocycles. The summed E-state index contributed by atoms with van der Waals surface area (Å²) in [6.07, 6.45) is 1.50. The molecule has 7 nitrogen and oxygen atoms in total. The Labute approximate surface area is 103 Å². The molecule has 0 fully saturated rings. The van der Waals surface area contributed by atoms with E-state index in [2.05, 4.69) is 10.3 Å². The van der Waals surface area contributed by atoms with Crippen LogP contribution in [-0.2, 0) is 6.61 Å². The van der Waals surface area contributed by atoms with Gasteiger partial charge in [-0.2, -0.15) is 4.98 Å². The summed E-state index contributed by atoms with van der Waals surface area (Å²) >= 11 is 0. The smallest absolute Gasteiger partial charge is 0.331 e. The van der Waals surface area contributed by atoms with Crippen LogP contribution in [0.2, 0.25) is 0 Å². The van der Waals surface area contributed by atoms with E-state index >= 15 is 0 Å². The van der Waals surface area contributed by atoms with Gasteiger partial charge in [-0.05, 0) is 18.2 Å². The Morgan fingerprint density at radius 3 is 2.94 bits per heavy atom. The Morgan fingerprint density at radius 2 is 2.33 bits per heavy atom. The van der Waals surface area contributed by atoms with E-state index in [4.69, 9.17) is 9.15 Å². The second-order valence-corrected chi connectivity index (χ2v) is 3.40. The molecule has 0 aliphatic carbocycles. The number of rotatable bonds is 5. The minimum Gasteiger partial charge on any atom is -0.466 e. The first-order valence-corrected chi connectivity index (χ1v) is 5.19. The molecule has 0 saturated heterocycles. The number of hydrogen-bond donors (Lipinski definition) is 1. The minimum absolute atomic E-state index is 0.0387. The van der Waals surface area contributed by atoms with Gasteiger partial charge in [0.1, 0.15) is 18.2 Å². The summed E-state index contributed by atoms with van der Waals surface area (Å²) in [5, 5.41) is 13.6. The molecule has 0 aromatic carbocycles. The molecule has 2 heterocycles. The van der Waals surface area contributed by atoms with E-state index in [1.165, 1.54) is 18.4 Å². The summed E-state index contributed by atoms with van der Waals surface area (Å²) in [6.45, 7) is 0.0913. The van der Waals surface area contributed by atoms with Gasteiger partial charge >= 0.3 is 5.69 Å². The van der Waals surface area contributed by atoms with Crippen molar-refractivity contribution in [3.63, 3.8) is 0 Å². The Hall–Kier alpha value is -2.57. The lowest BCUT2D eigenvalue weighted by Crippen LogP contribution is -2.02. The van der Waals surface area contributed by atoms with E-state index in [-0.39, 0.29) is 18.2 Å². The van der Waals surface area contributed by atoms with Crippen LogP contribution in [0.1, 0.15) is 5.76 Å². The third kappa shape index (κ3) is 2.57. The molecule has 2 rings (SSSR count). The van der Waals surface area contributed by atoms with Gasteiger partial charge in [0, 0.05) is 13.1 Å². The van der Waals surface area contributed by atoms with Crippen molar-refractivity contribution < 1.29 is 14.1 Å². The van der Waals surface area contributed by atoms with Crippen LogP contribution in [0.25, 0.3) is 0 Å². The van der Waals surface area contributed by atoms with E-state index < -0.39 is 4.92 Å². The van der Waals surface area contributed by atoms with Crippen molar-refractivity contribution >= 4 is 11.5 Å². The van der Waals surface area contributed by atoms with Crippen molar-refractivity contribution in [2.24, 2.45) is 0 Å². The zero-order chi connectivity index (χ0) is 13.0. The van der Waals surface area contributed by atoms with E-state index in [1.807, 2.05) is 0 Å². The van der Waals surface area contributed by atoms with Crippen LogP contribution in [-0.4, -0.2) is 17.0 Å². The second kappa shape index (κ2) is 5.17. The highest BCUT2D eigenvalue weighted by Crippen LogP contribution is 2.26. The molecule has 94 valence electrons. The third-order valence-electron chi connectivity index (χ3n) is 2.22. The van der Waals surface area contributed by atoms with Gasteiger partial charge in [0.05, 0.1) is 11.2 Å². The fourth-order valence-electron chi connectivity index (χ4n) is 1.35. The van der Waals surface area contributed by atoms with Crippen molar-refractivity contribution in [1.29, 1.82) is 0 Å². The molecule has 0 spiro atoms. The normalized spacial score (nSPS) is 10.1. The lowest BCUT2D eigenvalue weighted by atomic mass is 10.4. The number of anilines is 1. The average molecular weight is 249 g/mol. The minimum atomic E-state index is -0.538. The van der Waals surface area contributed by atoms with Crippen LogP contribution in [0.15, 0.2) is 34.9 Å². The molecule has 0 atom stereocenters. The number of pyridine rings is 1. The summed E-state index contributed by atoms with van der Waals surface area (Å²) in [5.74, 6) is 1.03. The molecule has 0 radical (unpaired) electrons. The molecule has 2 aromatic rings. The Bertz CT molecular complexity index is 539. The summed E-state index contributed by atoms with van der Waals surface area (Å²) in [4.78, 5) is 14.3. The van der Waals surface area contributed by atoms with Gasteiger partial charge in [-0.25, -0.2) is 0 Å². The summed E-state index contributed by atoms with van der Waals surface area (Å²) in [5.41, 5.74) is -0.180. The van der Waals surface area contributed by atoms with E-state index in [0.717, 1.165) is 0 Å². The number of aromatic nitrogens is 1. The maximum atomic E-state index is 10.8. The molecule has 0 aliphatic rings. The van der Waals surface area contributed by atoms with Gasteiger partial charge in [0.15, 0.2) is 0 Å². The largest absolute Gasteiger partial charge is 0.466 e. The predicted molar refractivity (Wildman–Crippen MR) is 63.5 cm³/mol. The SMILES string of the molecule is CNc1ccc([N+](=O)[O-])c(OCc2ccco2)n1. The summed E-state index contributed by atoms with van der Waals surface area (Å²) in [7, 11) is 1.67. The monoisotopic (exact) mass is 249 g/mol. The highest BCUT2D eigenvalue weighted by molar-refractivity contribution is 5.48. The molecule has 0 aliphatic heterocycles. The molecule has 7 heteroatoms. The third-order valence-corrected chi connectivity index (χ3v) is 2.22. The first kappa shape index (κ1) is 11.9. The highest BCUT2D eigenvalue weighted by Gasteiger charge is 2.17. The Morgan fingerprint density at radius 1 is 1.50 bits per heavy atom. The van der Waals surface area contributed by atoms with Crippen molar-refractivity contribution in [2.75, 3.05) is 12.4 Å². The second-order valence-electron chi connectivity index (χ2n) is 3.40. The quantitative estimate of drug-likeness (QED) is 0.645. The molecule has 0 amide bonds. The van der Waals surface area contributed by atoms with Crippen LogP contribution in [0, 0.1) is 10.1 Å². The van der Waals surface area contributed by atoms with E-state index in [0.29, 0.717) is 11.6 Å². The van der Waals surface area contributed by atoms with Crippen molar-refractivity contribution in [3.8, 4) is 5.88 Å². The molecule has 0 saturated carbocycles. The number of furan rings is 1. The summed E-state index contributed by atoms with van der Waals surface area (Å²) in [6, 6.07) is 6.28. The number of nitrogens with one attached hydrogen (secondary N) is 1. The fraction of sp³-hybridized carbons (Fsp3) is 0.182. The zero-order valence-corrected chi connectivity index (χ0v) is 9.62. The average Bonchev–Trinajstić information content (AvgIpc) is 2.88. The number of ether oxygens (including phenoxy) is 1. The van der Waals surface area contributed by atoms with Crippen molar-refractivity contribution in [1.82, 2.24) is 4.98 Å². The maximum absolute atomic E-state index is 10.8. The van der Waals surface area contributed by atoms with Gasteiger partial charge in [-0.1, -0.05) is 0 Å². The van der Waals surface area contributed by atoms with Gasteiger partial charge < -0.3 is 14.5 Å². The van der Waals surface area contributed by atoms with E-state index in [9.17, 15) is 10.1 Å². The first-order valence-electron chi connectivity index (χ1n) is 5.19. The van der Waals surface area contributed by atoms with Crippen LogP contribution < -0.4 is 10.1 Å². The Kier molecular flexibility index (Phi) is 3.42. The van der Waals surface area contributed by atoms with Crippen LogP contribution in [0.4, 0.5) is 11.5 Å². The van der Waals surface area contributed by atoms with Gasteiger partial charge in [-0.15, -0.1) is 0 Å². The molecule has 1 N–H and O–H groups in total. The first-order chi connectivity index (χ1) is 8.70. The van der Waals surface area contributed by atoms with Crippen LogP contribution in [0.3, 0.4) is 0 Å². The number of nitrogens with zero attached hydrogens (tertiary/aromatic N) is 2. The maximum Gasteiger partial charge on any atom is 0.331 e. The molecule has 0 bridgehead atoms. The summed E-state index contributed by atoms with van der Waals surface area (Å²) < 4.78 is 10.4. The lowest BCUT2D eigenvalue weighted by molar-refractivity contribution is -0.386. The molecule has 0 unspecified atom stereocenters. The zero-order valence-electron chi connectivity index (χ0n) is 9.62. The molecule has 18 heavy (non-hydrogen) atoms. The van der Waals surface area contributed by atoms with Crippen molar-refractivity contribution in [3.05, 3.63) is 46.4 Å². The van der Waals surface area contributed by atoms with Crippen LogP contribution in [0.5, 0.6) is 5.88 Å². The van der Waals surface area contributed by atoms with Gasteiger partial charge in [0.25, 0.3) is 5.88 Å². The molecular formula is C11H11N3O4. The van der Waals surface area contributed by atoms with Crippen molar-refractivity contribution in [2.45, 2.75) is 6.61 Å². The van der Waals surface area contributed by atoms with E-state index in [1.54, 1.807) is 19.2 Å². The standard InChI is InChI=1S/C11H11N3O4/c1-12-10-5-4-9(14(15)16)11(13-10)18-7-8-3-2-6-17-8/h2-6H,7H2,1H3,(H,12,13). The predicted octanol–water partition coefficient (Wildman–Crippen LogP) is 2.20. The number of nitro groups is 1. The fourth-order valence-corrected chi connectivity index (χ4v) is 1.35. The topological polar surface area (TPSA) is 90.4 Å². The highest BCUT2D eigenvalue weighted by atomic mass is 16.6. The molecular weight excluding hydrogens is 238 g/mol. The van der Waals surface area contributed by atoms with Gasteiger partial charge in [-0.3, -0.25) is 10.1 Å².